The summed E-state index contributed by atoms with van der Waals surface area (Å²) < 4.78 is 0. The smallest absolute Gasteiger partial charge is 0.267 e. The van der Waals surface area contributed by atoms with Crippen LogP contribution < -0.4 is 0 Å². The quantitative estimate of drug-likeness (QED) is 0.519. The van der Waals surface area contributed by atoms with E-state index in [4.69, 9.17) is 4.99 Å². The zero-order valence-electron chi connectivity index (χ0n) is 16.3. The Balaban J connectivity index is 1.62. The van der Waals surface area contributed by atoms with Crippen molar-refractivity contribution in [3.8, 4) is 0 Å². The third-order valence-corrected chi connectivity index (χ3v) is 5.73. The molecular formula is C25H22N2OS. The lowest BCUT2D eigenvalue weighted by Crippen LogP contribution is -2.28. The van der Waals surface area contributed by atoms with Crippen LogP contribution >= 0.6 is 11.8 Å². The van der Waals surface area contributed by atoms with E-state index in [2.05, 4.69) is 31.2 Å². The third-order valence-electron chi connectivity index (χ3n) is 4.69. The maximum absolute atomic E-state index is 13.2. The van der Waals surface area contributed by atoms with Gasteiger partial charge in [0, 0.05) is 0 Å². The number of amidine groups is 1. The lowest BCUT2D eigenvalue weighted by Gasteiger charge is -2.15. The maximum atomic E-state index is 13.2. The molecule has 3 aromatic rings. The summed E-state index contributed by atoms with van der Waals surface area (Å²) in [7, 11) is 0. The second kappa shape index (κ2) is 8.93. The standard InChI is InChI=1S/C25H22N2OS/c1-19-12-14-20(15-13-19)16-23-24(28)27(18-22-10-6-3-7-11-22)25(29-23)26-17-21-8-4-2-5-9-21/h2-16H,17-18H2,1H3/b23-16+,26-25?. The Kier molecular flexibility index (Phi) is 5.92. The van der Waals surface area contributed by atoms with Crippen LogP contribution in [0, 0.1) is 6.92 Å². The number of nitrogens with zero attached hydrogens (tertiary/aromatic N) is 2. The Hall–Kier alpha value is -3.11. The fourth-order valence-corrected chi connectivity index (χ4v) is 4.06. The molecular weight excluding hydrogens is 376 g/mol. The van der Waals surface area contributed by atoms with Crippen molar-refractivity contribution >= 4 is 28.9 Å². The summed E-state index contributed by atoms with van der Waals surface area (Å²) >= 11 is 1.45. The maximum Gasteiger partial charge on any atom is 0.267 e. The molecule has 144 valence electrons. The van der Waals surface area contributed by atoms with Gasteiger partial charge in [-0.2, -0.15) is 0 Å². The summed E-state index contributed by atoms with van der Waals surface area (Å²) in [6.07, 6.45) is 1.95. The second-order valence-corrected chi connectivity index (χ2v) is 7.99. The SMILES string of the molecule is Cc1ccc(/C=C2/SC(=NCc3ccccc3)N(Cc3ccccc3)C2=O)cc1. The summed E-state index contributed by atoms with van der Waals surface area (Å²) in [6.45, 7) is 3.13. The van der Waals surface area contributed by atoms with E-state index in [0.29, 0.717) is 18.0 Å². The first-order valence-electron chi connectivity index (χ1n) is 9.59. The molecule has 0 N–H and O–H groups in total. The van der Waals surface area contributed by atoms with Gasteiger partial charge in [-0.1, -0.05) is 90.5 Å². The van der Waals surface area contributed by atoms with E-state index in [1.54, 1.807) is 4.90 Å². The number of amides is 1. The number of hydrogen-bond donors (Lipinski definition) is 0. The van der Waals surface area contributed by atoms with Crippen LogP contribution in [0.25, 0.3) is 6.08 Å². The van der Waals surface area contributed by atoms with Crippen molar-refractivity contribution in [2.45, 2.75) is 20.0 Å². The van der Waals surface area contributed by atoms with Crippen LogP contribution in [-0.4, -0.2) is 16.0 Å². The van der Waals surface area contributed by atoms with E-state index in [0.717, 1.165) is 21.9 Å². The van der Waals surface area contributed by atoms with Gasteiger partial charge >= 0.3 is 0 Å². The van der Waals surface area contributed by atoms with Crippen LogP contribution in [0.15, 0.2) is 94.8 Å². The molecule has 1 aliphatic rings. The summed E-state index contributed by atoms with van der Waals surface area (Å²) in [5.41, 5.74) is 4.44. The van der Waals surface area contributed by atoms with E-state index >= 15 is 0 Å². The van der Waals surface area contributed by atoms with Gasteiger partial charge in [0.25, 0.3) is 5.91 Å². The van der Waals surface area contributed by atoms with E-state index in [-0.39, 0.29) is 5.91 Å². The lowest BCUT2D eigenvalue weighted by molar-refractivity contribution is -0.122. The molecule has 0 spiro atoms. The molecule has 0 unspecified atom stereocenters. The van der Waals surface area contributed by atoms with Gasteiger partial charge in [-0.15, -0.1) is 0 Å². The highest BCUT2D eigenvalue weighted by atomic mass is 32.2. The van der Waals surface area contributed by atoms with Crippen molar-refractivity contribution in [3.63, 3.8) is 0 Å². The Morgan fingerprint density at radius 2 is 1.48 bits per heavy atom. The van der Waals surface area contributed by atoms with Gasteiger partial charge in [-0.3, -0.25) is 14.7 Å². The first-order chi connectivity index (χ1) is 14.2. The molecule has 1 heterocycles. The zero-order chi connectivity index (χ0) is 20.1. The van der Waals surface area contributed by atoms with Crippen LogP contribution in [0.1, 0.15) is 22.3 Å². The van der Waals surface area contributed by atoms with Crippen LogP contribution in [0.5, 0.6) is 0 Å². The van der Waals surface area contributed by atoms with Gasteiger partial charge in [0.2, 0.25) is 0 Å². The molecule has 0 radical (unpaired) electrons. The zero-order valence-corrected chi connectivity index (χ0v) is 17.1. The van der Waals surface area contributed by atoms with Crippen molar-refractivity contribution in [2.75, 3.05) is 0 Å². The molecule has 3 nitrogen and oxygen atoms in total. The third kappa shape index (κ3) is 4.84. The number of aliphatic imine (C=N–C) groups is 1. The second-order valence-electron chi connectivity index (χ2n) is 6.98. The van der Waals surface area contributed by atoms with Gasteiger partial charge in [-0.05, 0) is 41.5 Å². The van der Waals surface area contributed by atoms with Crippen LogP contribution in [0.3, 0.4) is 0 Å². The monoisotopic (exact) mass is 398 g/mol. The van der Waals surface area contributed by atoms with E-state index in [9.17, 15) is 4.79 Å². The van der Waals surface area contributed by atoms with Gasteiger partial charge < -0.3 is 0 Å². The number of aryl methyl sites for hydroxylation is 1. The molecule has 0 saturated carbocycles. The number of carbonyl (C=O) groups excluding carboxylic acids is 1. The molecule has 0 bridgehead atoms. The average molecular weight is 399 g/mol. The summed E-state index contributed by atoms with van der Waals surface area (Å²) in [5.74, 6) is 0.00578. The molecule has 4 rings (SSSR count). The highest BCUT2D eigenvalue weighted by Crippen LogP contribution is 2.34. The fourth-order valence-electron chi connectivity index (χ4n) is 3.09. The predicted octanol–water partition coefficient (Wildman–Crippen LogP) is 5.67. The van der Waals surface area contributed by atoms with Gasteiger partial charge in [-0.25, -0.2) is 0 Å². The lowest BCUT2D eigenvalue weighted by atomic mass is 10.1. The highest BCUT2D eigenvalue weighted by Gasteiger charge is 2.33. The van der Waals surface area contributed by atoms with E-state index in [1.165, 1.54) is 17.3 Å². The van der Waals surface area contributed by atoms with Gasteiger partial charge in [0.05, 0.1) is 18.0 Å². The largest absolute Gasteiger partial charge is 0.282 e. The minimum atomic E-state index is 0.00578. The average Bonchev–Trinajstić information content (AvgIpc) is 3.04. The van der Waals surface area contributed by atoms with Crippen molar-refractivity contribution in [1.29, 1.82) is 0 Å². The number of rotatable bonds is 5. The molecule has 29 heavy (non-hydrogen) atoms. The molecule has 0 aliphatic carbocycles. The number of carbonyl (C=O) groups is 1. The summed E-state index contributed by atoms with van der Waals surface area (Å²) in [4.78, 5) is 20.4. The number of benzene rings is 3. The first-order valence-corrected chi connectivity index (χ1v) is 10.4. The highest BCUT2D eigenvalue weighted by molar-refractivity contribution is 8.18. The van der Waals surface area contributed by atoms with E-state index < -0.39 is 0 Å². The number of thioether (sulfide) groups is 1. The van der Waals surface area contributed by atoms with Crippen LogP contribution in [0.4, 0.5) is 0 Å². The summed E-state index contributed by atoms with van der Waals surface area (Å²) in [6, 6.07) is 28.3. The Bertz CT molecular complexity index is 1040. The molecule has 0 aromatic heterocycles. The minimum absolute atomic E-state index is 0.00578. The fraction of sp³-hybridized carbons (Fsp3) is 0.120. The van der Waals surface area contributed by atoms with Gasteiger partial charge in [0.15, 0.2) is 5.17 Å². The topological polar surface area (TPSA) is 32.7 Å². The molecule has 1 aliphatic heterocycles. The van der Waals surface area contributed by atoms with E-state index in [1.807, 2.05) is 66.7 Å². The summed E-state index contributed by atoms with van der Waals surface area (Å²) in [5, 5.41) is 0.751. The Morgan fingerprint density at radius 3 is 2.14 bits per heavy atom. The van der Waals surface area contributed by atoms with Crippen molar-refractivity contribution in [2.24, 2.45) is 4.99 Å². The predicted molar refractivity (Wildman–Crippen MR) is 121 cm³/mol. The van der Waals surface area contributed by atoms with Crippen molar-refractivity contribution in [1.82, 2.24) is 4.90 Å². The molecule has 1 amide bonds. The Morgan fingerprint density at radius 1 is 0.862 bits per heavy atom. The van der Waals surface area contributed by atoms with Crippen LogP contribution in [0.2, 0.25) is 0 Å². The van der Waals surface area contributed by atoms with Crippen LogP contribution in [-0.2, 0) is 17.9 Å². The molecule has 4 heteroatoms. The molecule has 3 aromatic carbocycles. The molecule has 1 saturated heterocycles. The van der Waals surface area contributed by atoms with Crippen molar-refractivity contribution < 1.29 is 4.79 Å². The van der Waals surface area contributed by atoms with Crippen molar-refractivity contribution in [3.05, 3.63) is 112 Å². The Labute approximate surface area is 175 Å². The minimum Gasteiger partial charge on any atom is -0.282 e. The molecule has 1 fully saturated rings. The number of hydrogen-bond acceptors (Lipinski definition) is 3. The normalized spacial score (nSPS) is 16.7. The molecule has 0 atom stereocenters. The van der Waals surface area contributed by atoms with Gasteiger partial charge in [0.1, 0.15) is 0 Å². The first kappa shape index (κ1) is 19.2.